The SMILES string of the molecule is CC(=O)NC[C@H]1CN(c2cc(F)c(N3CC4C(C=NO)C4C3)c(F)c2)C(=O)O1. The lowest BCUT2D eigenvalue weighted by molar-refractivity contribution is -0.119. The van der Waals surface area contributed by atoms with Gasteiger partial charge in [0.05, 0.1) is 18.8 Å². The van der Waals surface area contributed by atoms with Crippen LogP contribution >= 0.6 is 0 Å². The normalized spacial score (nSPS) is 28.6. The van der Waals surface area contributed by atoms with Crippen LogP contribution in [0.25, 0.3) is 0 Å². The zero-order chi connectivity index (χ0) is 20.0. The smallest absolute Gasteiger partial charge is 0.414 e. The van der Waals surface area contributed by atoms with Gasteiger partial charge in [-0.2, -0.15) is 0 Å². The van der Waals surface area contributed by atoms with E-state index in [1.54, 1.807) is 4.90 Å². The second kappa shape index (κ2) is 6.92. The molecule has 0 bridgehead atoms. The van der Waals surface area contributed by atoms with Crippen molar-refractivity contribution in [3.8, 4) is 0 Å². The van der Waals surface area contributed by atoms with Gasteiger partial charge in [0.1, 0.15) is 11.8 Å². The molecule has 1 saturated carbocycles. The van der Waals surface area contributed by atoms with Gasteiger partial charge in [0.15, 0.2) is 11.6 Å². The molecule has 2 saturated heterocycles. The zero-order valence-corrected chi connectivity index (χ0v) is 15.1. The van der Waals surface area contributed by atoms with E-state index in [0.717, 1.165) is 17.0 Å². The van der Waals surface area contributed by atoms with Gasteiger partial charge in [-0.1, -0.05) is 0 Å². The molecule has 0 spiro atoms. The average molecular weight is 394 g/mol. The van der Waals surface area contributed by atoms with Crippen LogP contribution in [0.5, 0.6) is 0 Å². The average Bonchev–Trinajstić information content (AvgIpc) is 2.96. The maximum Gasteiger partial charge on any atom is 0.414 e. The van der Waals surface area contributed by atoms with Crippen molar-refractivity contribution in [2.45, 2.75) is 13.0 Å². The summed E-state index contributed by atoms with van der Waals surface area (Å²) >= 11 is 0. The lowest BCUT2D eigenvalue weighted by Crippen LogP contribution is -2.33. The minimum atomic E-state index is -0.748. The van der Waals surface area contributed by atoms with Crippen molar-refractivity contribution in [2.24, 2.45) is 22.9 Å². The summed E-state index contributed by atoms with van der Waals surface area (Å²) in [6.45, 7) is 2.54. The van der Waals surface area contributed by atoms with Gasteiger partial charge in [-0.05, 0) is 11.8 Å². The molecule has 1 aliphatic carbocycles. The number of halogens is 2. The Morgan fingerprint density at radius 2 is 1.96 bits per heavy atom. The fraction of sp³-hybridized carbons (Fsp3) is 0.500. The number of amides is 2. The first-order chi connectivity index (χ1) is 13.4. The van der Waals surface area contributed by atoms with Crippen LogP contribution in [0.4, 0.5) is 25.0 Å². The quantitative estimate of drug-likeness (QED) is 0.449. The highest BCUT2D eigenvalue weighted by atomic mass is 19.1. The first-order valence-corrected chi connectivity index (χ1v) is 9.03. The van der Waals surface area contributed by atoms with Gasteiger partial charge in [0, 0.05) is 44.3 Å². The van der Waals surface area contributed by atoms with Crippen molar-refractivity contribution >= 4 is 29.6 Å². The van der Waals surface area contributed by atoms with Crippen molar-refractivity contribution in [3.05, 3.63) is 23.8 Å². The molecule has 10 heteroatoms. The van der Waals surface area contributed by atoms with Crippen LogP contribution in [0, 0.1) is 29.4 Å². The molecule has 2 heterocycles. The number of nitrogens with zero attached hydrogens (tertiary/aromatic N) is 3. The Hall–Kier alpha value is -2.91. The molecule has 0 aromatic heterocycles. The van der Waals surface area contributed by atoms with Crippen LogP contribution in [-0.2, 0) is 9.53 Å². The molecule has 1 aromatic rings. The summed E-state index contributed by atoms with van der Waals surface area (Å²) in [6, 6.07) is 2.24. The summed E-state index contributed by atoms with van der Waals surface area (Å²) in [6.07, 6.45) is 0.173. The number of rotatable bonds is 5. The van der Waals surface area contributed by atoms with Crippen LogP contribution in [0.15, 0.2) is 17.3 Å². The Kier molecular flexibility index (Phi) is 4.56. The van der Waals surface area contributed by atoms with E-state index in [1.165, 1.54) is 13.1 Å². The van der Waals surface area contributed by atoms with Gasteiger partial charge in [0.2, 0.25) is 5.91 Å². The van der Waals surface area contributed by atoms with E-state index < -0.39 is 23.8 Å². The molecular formula is C18H20F2N4O4. The second-order valence-electron chi connectivity index (χ2n) is 7.39. The largest absolute Gasteiger partial charge is 0.442 e. The van der Waals surface area contributed by atoms with Crippen LogP contribution < -0.4 is 15.1 Å². The van der Waals surface area contributed by atoms with Gasteiger partial charge in [-0.25, -0.2) is 13.6 Å². The Morgan fingerprint density at radius 1 is 1.32 bits per heavy atom. The van der Waals surface area contributed by atoms with Crippen molar-refractivity contribution in [2.75, 3.05) is 36.0 Å². The van der Waals surface area contributed by atoms with E-state index in [0.29, 0.717) is 13.1 Å². The summed E-state index contributed by atoms with van der Waals surface area (Å²) in [5.41, 5.74) is -0.0401. The first-order valence-electron chi connectivity index (χ1n) is 9.03. The molecule has 150 valence electrons. The van der Waals surface area contributed by atoms with E-state index in [2.05, 4.69) is 10.5 Å². The van der Waals surface area contributed by atoms with Crippen molar-refractivity contribution in [1.82, 2.24) is 5.32 Å². The Balaban J connectivity index is 1.46. The summed E-state index contributed by atoms with van der Waals surface area (Å²) in [4.78, 5) is 25.8. The van der Waals surface area contributed by atoms with Crippen LogP contribution in [-0.4, -0.2) is 55.7 Å². The van der Waals surface area contributed by atoms with Gasteiger partial charge in [-0.3, -0.25) is 9.69 Å². The summed E-state index contributed by atoms with van der Waals surface area (Å²) < 4.78 is 34.5. The number of cyclic esters (lactones) is 1. The number of fused-ring (bicyclic) bond motifs is 1. The van der Waals surface area contributed by atoms with Gasteiger partial charge < -0.3 is 20.2 Å². The third kappa shape index (κ3) is 3.23. The van der Waals surface area contributed by atoms with E-state index in [1.807, 2.05) is 0 Å². The number of hydrogen-bond donors (Lipinski definition) is 2. The molecule has 0 radical (unpaired) electrons. The highest BCUT2D eigenvalue weighted by Gasteiger charge is 2.55. The highest BCUT2D eigenvalue weighted by molar-refractivity contribution is 5.90. The van der Waals surface area contributed by atoms with Gasteiger partial charge in [-0.15, -0.1) is 5.16 Å². The third-order valence-corrected chi connectivity index (χ3v) is 5.58. The topological polar surface area (TPSA) is 94.5 Å². The molecule has 4 rings (SSSR count). The molecule has 28 heavy (non-hydrogen) atoms. The molecule has 2 aliphatic heterocycles. The standard InChI is InChI=1S/C18H20F2N4O4/c1-9(25)21-4-11-6-24(18(26)28-11)10-2-15(19)17(16(20)3-10)23-7-13-12(5-22-27)14(13)8-23/h2-3,5,11-14,27H,4,6-8H2,1H3,(H,21,25)/t11-,12?,13?,14?/m0/s1. The fourth-order valence-electron chi connectivity index (χ4n) is 4.16. The number of hydrogen-bond acceptors (Lipinski definition) is 6. The van der Waals surface area contributed by atoms with E-state index >= 15 is 0 Å². The van der Waals surface area contributed by atoms with Gasteiger partial charge in [0.25, 0.3) is 0 Å². The summed E-state index contributed by atoms with van der Waals surface area (Å²) in [5, 5.41) is 14.2. The molecule has 2 amide bonds. The van der Waals surface area contributed by atoms with Crippen molar-refractivity contribution in [1.29, 1.82) is 0 Å². The van der Waals surface area contributed by atoms with E-state index in [-0.39, 0.29) is 48.1 Å². The molecular weight excluding hydrogens is 374 g/mol. The maximum absolute atomic E-state index is 14.7. The number of anilines is 2. The second-order valence-corrected chi connectivity index (χ2v) is 7.39. The first kappa shape index (κ1) is 18.5. The minimum absolute atomic E-state index is 0.0729. The number of ether oxygens (including phenoxy) is 1. The maximum atomic E-state index is 14.7. The van der Waals surface area contributed by atoms with E-state index in [4.69, 9.17) is 9.94 Å². The molecule has 2 unspecified atom stereocenters. The molecule has 3 fully saturated rings. The van der Waals surface area contributed by atoms with Crippen LogP contribution in [0.2, 0.25) is 0 Å². The minimum Gasteiger partial charge on any atom is -0.442 e. The zero-order valence-electron chi connectivity index (χ0n) is 15.1. The van der Waals surface area contributed by atoms with Crippen molar-refractivity contribution in [3.63, 3.8) is 0 Å². The Labute approximate surface area is 159 Å². The number of nitrogens with one attached hydrogen (secondary N) is 1. The fourth-order valence-corrected chi connectivity index (χ4v) is 4.16. The lowest BCUT2D eigenvalue weighted by Gasteiger charge is -2.24. The van der Waals surface area contributed by atoms with E-state index in [9.17, 15) is 18.4 Å². The predicted octanol–water partition coefficient (Wildman–Crippen LogP) is 1.57. The Bertz CT molecular complexity index is 814. The van der Waals surface area contributed by atoms with Crippen LogP contribution in [0.3, 0.4) is 0 Å². The monoisotopic (exact) mass is 394 g/mol. The molecule has 2 N–H and O–H groups in total. The number of benzene rings is 1. The summed E-state index contributed by atoms with van der Waals surface area (Å²) in [7, 11) is 0. The Morgan fingerprint density at radius 3 is 2.54 bits per heavy atom. The van der Waals surface area contributed by atoms with Gasteiger partial charge >= 0.3 is 6.09 Å². The summed E-state index contributed by atoms with van der Waals surface area (Å²) in [5.74, 6) is -1.13. The molecule has 8 nitrogen and oxygen atoms in total. The molecule has 1 aromatic carbocycles. The highest BCUT2D eigenvalue weighted by Crippen LogP contribution is 2.52. The third-order valence-electron chi connectivity index (χ3n) is 5.58. The number of oxime groups is 1. The molecule has 3 atom stereocenters. The van der Waals surface area contributed by atoms with Crippen molar-refractivity contribution < 1.29 is 28.3 Å². The number of carbonyl (C=O) groups excluding carboxylic acids is 2. The number of carbonyl (C=O) groups is 2. The number of piperidine rings is 1. The molecule has 3 aliphatic rings. The lowest BCUT2D eigenvalue weighted by atomic mass is 10.2. The van der Waals surface area contributed by atoms with Crippen LogP contribution in [0.1, 0.15) is 6.92 Å². The predicted molar refractivity (Wildman–Crippen MR) is 95.6 cm³/mol.